The lowest BCUT2D eigenvalue weighted by Crippen LogP contribution is -2.09. The van der Waals surface area contributed by atoms with E-state index in [-0.39, 0.29) is 12.3 Å². The van der Waals surface area contributed by atoms with Gasteiger partial charge in [0.2, 0.25) is 5.89 Å². The Balaban J connectivity index is 2.13. The Labute approximate surface area is 156 Å². The number of benzene rings is 2. The van der Waals surface area contributed by atoms with Crippen LogP contribution in [0.15, 0.2) is 47.0 Å². The predicted molar refractivity (Wildman–Crippen MR) is 98.5 cm³/mol. The lowest BCUT2D eigenvalue weighted by Gasteiger charge is -2.15. The molecule has 1 aromatic heterocycles. The van der Waals surface area contributed by atoms with Crippen molar-refractivity contribution < 1.29 is 23.4 Å². The Bertz CT molecular complexity index is 980. The van der Waals surface area contributed by atoms with Gasteiger partial charge in [0, 0.05) is 5.56 Å². The highest BCUT2D eigenvalue weighted by Gasteiger charge is 2.24. The molecule has 0 amide bonds. The smallest absolute Gasteiger partial charge is 0.304 e. The van der Waals surface area contributed by atoms with E-state index in [1.807, 2.05) is 25.1 Å². The van der Waals surface area contributed by atoms with E-state index < -0.39 is 17.7 Å². The number of hydrogen-bond acceptors (Lipinski definition) is 4. The molecule has 0 aliphatic carbocycles. The number of ether oxygens (including phenoxy) is 1. The van der Waals surface area contributed by atoms with Crippen LogP contribution in [0.1, 0.15) is 35.1 Å². The third-order valence-electron chi connectivity index (χ3n) is 4.30. The molecule has 0 aliphatic rings. The fourth-order valence-corrected chi connectivity index (χ4v) is 3.07. The molecule has 1 heterocycles. The quantitative estimate of drug-likeness (QED) is 0.681. The molecule has 5 nitrogen and oxygen atoms in total. The predicted octanol–water partition coefficient (Wildman–Crippen LogP) is 4.71. The second-order valence-corrected chi connectivity index (χ2v) is 6.44. The zero-order valence-electron chi connectivity index (χ0n) is 15.3. The summed E-state index contributed by atoms with van der Waals surface area (Å²) < 4.78 is 25.4. The minimum absolute atomic E-state index is 0.252. The Hall–Kier alpha value is -3.15. The zero-order chi connectivity index (χ0) is 19.6. The van der Waals surface area contributed by atoms with E-state index in [1.54, 1.807) is 20.1 Å². The van der Waals surface area contributed by atoms with Gasteiger partial charge in [-0.1, -0.05) is 11.6 Å². The average molecular weight is 369 g/mol. The number of carbonyl (C=O) groups is 1. The van der Waals surface area contributed by atoms with Gasteiger partial charge in [-0.2, -0.15) is 0 Å². The maximum absolute atomic E-state index is 14.4. The number of carboxylic acid groups (broad SMARTS) is 1. The van der Waals surface area contributed by atoms with Crippen LogP contribution in [0.4, 0.5) is 4.39 Å². The molecule has 0 fully saturated rings. The highest BCUT2D eigenvalue weighted by molar-refractivity contribution is 5.73. The van der Waals surface area contributed by atoms with Crippen LogP contribution in [0.25, 0.3) is 11.1 Å². The van der Waals surface area contributed by atoms with Gasteiger partial charge in [-0.25, -0.2) is 9.37 Å². The first kappa shape index (κ1) is 18.6. The van der Waals surface area contributed by atoms with Crippen molar-refractivity contribution in [2.75, 3.05) is 7.11 Å². The van der Waals surface area contributed by atoms with Gasteiger partial charge in [-0.15, -0.1) is 0 Å². The summed E-state index contributed by atoms with van der Waals surface area (Å²) in [5.41, 5.74) is 2.82. The maximum Gasteiger partial charge on any atom is 0.304 e. The van der Waals surface area contributed by atoms with Crippen LogP contribution in [0.5, 0.6) is 5.75 Å². The van der Waals surface area contributed by atoms with E-state index >= 15 is 0 Å². The molecule has 3 aromatic rings. The molecule has 0 radical (unpaired) electrons. The van der Waals surface area contributed by atoms with Crippen molar-refractivity contribution in [2.24, 2.45) is 0 Å². The number of aliphatic carboxylic acids is 1. The van der Waals surface area contributed by atoms with Crippen molar-refractivity contribution in [3.05, 3.63) is 71.2 Å². The number of methoxy groups -OCH3 is 1. The van der Waals surface area contributed by atoms with Crippen molar-refractivity contribution in [2.45, 2.75) is 26.2 Å². The van der Waals surface area contributed by atoms with E-state index in [4.69, 9.17) is 9.15 Å². The van der Waals surface area contributed by atoms with E-state index in [0.717, 1.165) is 11.1 Å². The van der Waals surface area contributed by atoms with Gasteiger partial charge >= 0.3 is 5.97 Å². The lowest BCUT2D eigenvalue weighted by atomic mass is 9.91. The number of nitrogens with zero attached hydrogens (tertiary/aromatic N) is 1. The largest absolute Gasteiger partial charge is 0.496 e. The van der Waals surface area contributed by atoms with Crippen LogP contribution in [-0.2, 0) is 4.79 Å². The lowest BCUT2D eigenvalue weighted by molar-refractivity contribution is -0.137. The summed E-state index contributed by atoms with van der Waals surface area (Å²) in [7, 11) is 1.55. The van der Waals surface area contributed by atoms with Gasteiger partial charge in [0.1, 0.15) is 17.3 Å². The summed E-state index contributed by atoms with van der Waals surface area (Å²) in [5.74, 6) is -0.750. The molecule has 0 saturated heterocycles. The van der Waals surface area contributed by atoms with Gasteiger partial charge in [-0.3, -0.25) is 4.79 Å². The van der Waals surface area contributed by atoms with Gasteiger partial charge in [0.05, 0.1) is 25.6 Å². The molecule has 1 unspecified atom stereocenters. The molecule has 0 aliphatic heterocycles. The molecule has 0 bridgehead atoms. The van der Waals surface area contributed by atoms with Crippen LogP contribution >= 0.6 is 0 Å². The molecular weight excluding hydrogens is 349 g/mol. The summed E-state index contributed by atoms with van der Waals surface area (Å²) >= 11 is 0. The van der Waals surface area contributed by atoms with Crippen molar-refractivity contribution >= 4 is 5.97 Å². The zero-order valence-corrected chi connectivity index (χ0v) is 15.3. The molecule has 6 heteroatoms. The second-order valence-electron chi connectivity index (χ2n) is 6.44. The topological polar surface area (TPSA) is 72.6 Å². The molecule has 0 saturated carbocycles. The number of carboxylic acids is 1. The molecule has 27 heavy (non-hydrogen) atoms. The highest BCUT2D eigenvalue weighted by Crippen LogP contribution is 2.35. The van der Waals surface area contributed by atoms with Crippen LogP contribution < -0.4 is 4.74 Å². The Morgan fingerprint density at radius 3 is 2.67 bits per heavy atom. The van der Waals surface area contributed by atoms with Crippen molar-refractivity contribution in [3.8, 4) is 16.9 Å². The number of aromatic nitrogens is 1. The number of oxazole rings is 1. The first-order chi connectivity index (χ1) is 12.9. The standard InChI is InChI=1S/C21H20FNO4/c1-12-4-5-19(26-3)17(6-12)14-7-15(9-16(22)8-14)18(10-20(24)25)21-23-11-13(2)27-21/h4-9,11,18H,10H2,1-3H3,(H,24,25). The van der Waals surface area contributed by atoms with E-state index in [9.17, 15) is 14.3 Å². The maximum atomic E-state index is 14.4. The normalized spacial score (nSPS) is 12.0. The molecular formula is C21H20FNO4. The third-order valence-corrected chi connectivity index (χ3v) is 4.30. The van der Waals surface area contributed by atoms with Gasteiger partial charge in [0.15, 0.2) is 0 Å². The fourth-order valence-electron chi connectivity index (χ4n) is 3.07. The van der Waals surface area contributed by atoms with Crippen molar-refractivity contribution in [1.29, 1.82) is 0 Å². The second kappa shape index (κ2) is 7.61. The minimum Gasteiger partial charge on any atom is -0.496 e. The van der Waals surface area contributed by atoms with Crippen LogP contribution in [-0.4, -0.2) is 23.2 Å². The number of aryl methyl sites for hydroxylation is 2. The fraction of sp³-hybridized carbons (Fsp3) is 0.238. The summed E-state index contributed by atoms with van der Waals surface area (Å²) in [4.78, 5) is 15.5. The SMILES string of the molecule is COc1ccc(C)cc1-c1cc(F)cc(C(CC(=O)O)c2ncc(C)o2)c1. The third kappa shape index (κ3) is 4.16. The van der Waals surface area contributed by atoms with Crippen molar-refractivity contribution in [1.82, 2.24) is 4.98 Å². The first-order valence-electron chi connectivity index (χ1n) is 8.47. The average Bonchev–Trinajstić information content (AvgIpc) is 3.05. The first-order valence-corrected chi connectivity index (χ1v) is 8.47. The summed E-state index contributed by atoms with van der Waals surface area (Å²) in [5, 5.41) is 9.30. The van der Waals surface area contributed by atoms with Gasteiger partial charge in [-0.05, 0) is 55.3 Å². The van der Waals surface area contributed by atoms with Gasteiger partial charge in [0.25, 0.3) is 0 Å². The summed E-state index contributed by atoms with van der Waals surface area (Å²) in [6.07, 6.45) is 1.27. The van der Waals surface area contributed by atoms with E-state index in [2.05, 4.69) is 4.98 Å². The molecule has 140 valence electrons. The Morgan fingerprint density at radius 2 is 2.04 bits per heavy atom. The Kier molecular flexibility index (Phi) is 5.26. The molecule has 3 rings (SSSR count). The summed E-state index contributed by atoms with van der Waals surface area (Å²) in [6, 6.07) is 10.1. The Morgan fingerprint density at radius 1 is 1.26 bits per heavy atom. The van der Waals surface area contributed by atoms with E-state index in [0.29, 0.717) is 22.6 Å². The highest BCUT2D eigenvalue weighted by atomic mass is 19.1. The number of halogens is 1. The number of rotatable bonds is 6. The molecule has 0 spiro atoms. The molecule has 2 aromatic carbocycles. The summed E-state index contributed by atoms with van der Waals surface area (Å²) in [6.45, 7) is 3.66. The number of hydrogen-bond donors (Lipinski definition) is 1. The van der Waals surface area contributed by atoms with Crippen LogP contribution in [0.2, 0.25) is 0 Å². The molecule has 1 atom stereocenters. The monoisotopic (exact) mass is 369 g/mol. The van der Waals surface area contributed by atoms with Crippen LogP contribution in [0.3, 0.4) is 0 Å². The minimum atomic E-state index is -1.02. The van der Waals surface area contributed by atoms with Crippen molar-refractivity contribution in [3.63, 3.8) is 0 Å². The van der Waals surface area contributed by atoms with Gasteiger partial charge < -0.3 is 14.3 Å². The van der Waals surface area contributed by atoms with E-state index in [1.165, 1.54) is 18.3 Å². The molecule has 1 N–H and O–H groups in total. The van der Waals surface area contributed by atoms with Crippen LogP contribution in [0, 0.1) is 19.7 Å².